The second-order valence-electron chi connectivity index (χ2n) is 10.6. The number of hydrogen-bond acceptors (Lipinski definition) is 7. The number of ether oxygens (including phenoxy) is 1. The van der Waals surface area contributed by atoms with Crippen LogP contribution in [0.5, 0.6) is 0 Å². The van der Waals surface area contributed by atoms with Gasteiger partial charge in [0.05, 0.1) is 31.6 Å². The van der Waals surface area contributed by atoms with Crippen LogP contribution in [-0.4, -0.2) is 72.8 Å². The quantitative estimate of drug-likeness (QED) is 0.301. The number of aromatic nitrogens is 6. The van der Waals surface area contributed by atoms with E-state index in [4.69, 9.17) is 14.7 Å². The molecule has 2 aliphatic rings. The van der Waals surface area contributed by atoms with E-state index in [1.165, 1.54) is 28.9 Å². The molecule has 0 saturated carbocycles. The number of para-hydroxylation sites is 1. The van der Waals surface area contributed by atoms with Gasteiger partial charge in [0.15, 0.2) is 11.5 Å². The molecule has 41 heavy (non-hydrogen) atoms. The van der Waals surface area contributed by atoms with Crippen LogP contribution >= 0.6 is 0 Å². The van der Waals surface area contributed by atoms with Gasteiger partial charge in [0.25, 0.3) is 0 Å². The predicted molar refractivity (Wildman–Crippen MR) is 151 cm³/mol. The van der Waals surface area contributed by atoms with E-state index in [9.17, 15) is 9.18 Å². The number of morpholine rings is 1. The predicted octanol–water partition coefficient (Wildman–Crippen LogP) is 3.88. The zero-order chi connectivity index (χ0) is 27.9. The molecular formula is C29H30FN9O2. The molecule has 7 rings (SSSR count). The highest BCUT2D eigenvalue weighted by molar-refractivity contribution is 5.85. The number of pyridine rings is 1. The van der Waals surface area contributed by atoms with Crippen LogP contribution in [0.4, 0.5) is 15.1 Å². The number of anilines is 1. The van der Waals surface area contributed by atoms with Crippen molar-refractivity contribution in [3.63, 3.8) is 0 Å². The van der Waals surface area contributed by atoms with Gasteiger partial charge in [-0.3, -0.25) is 4.98 Å². The van der Waals surface area contributed by atoms with Gasteiger partial charge in [0, 0.05) is 53.1 Å². The molecule has 5 aromatic rings. The van der Waals surface area contributed by atoms with E-state index < -0.39 is 5.82 Å². The van der Waals surface area contributed by atoms with E-state index in [2.05, 4.69) is 43.9 Å². The average Bonchev–Trinajstić information content (AvgIpc) is 3.59. The van der Waals surface area contributed by atoms with Gasteiger partial charge in [-0.2, -0.15) is 14.6 Å². The van der Waals surface area contributed by atoms with Crippen LogP contribution in [0.3, 0.4) is 0 Å². The number of carbonyl (C=O) groups is 1. The molecule has 12 heteroatoms. The lowest BCUT2D eigenvalue weighted by atomic mass is 9.91. The highest BCUT2D eigenvalue weighted by Crippen LogP contribution is 2.31. The van der Waals surface area contributed by atoms with Crippen LogP contribution in [0.2, 0.25) is 0 Å². The van der Waals surface area contributed by atoms with Crippen LogP contribution in [0.1, 0.15) is 36.2 Å². The Morgan fingerprint density at radius 2 is 2.02 bits per heavy atom. The Balaban J connectivity index is 1.23. The number of rotatable bonds is 5. The van der Waals surface area contributed by atoms with Crippen molar-refractivity contribution in [3.05, 3.63) is 71.6 Å². The van der Waals surface area contributed by atoms with Gasteiger partial charge in [-0.25, -0.2) is 14.2 Å². The highest BCUT2D eigenvalue weighted by atomic mass is 19.1. The van der Waals surface area contributed by atoms with Crippen LogP contribution in [0.15, 0.2) is 48.9 Å². The monoisotopic (exact) mass is 555 g/mol. The zero-order valence-corrected chi connectivity index (χ0v) is 22.6. The lowest BCUT2D eigenvalue weighted by Gasteiger charge is -2.28. The Kier molecular flexibility index (Phi) is 6.46. The van der Waals surface area contributed by atoms with Gasteiger partial charge < -0.3 is 25.3 Å². The van der Waals surface area contributed by atoms with E-state index in [0.29, 0.717) is 49.3 Å². The normalized spacial score (nSPS) is 17.9. The molecule has 0 spiro atoms. The summed E-state index contributed by atoms with van der Waals surface area (Å²) in [5.41, 5.74) is 5.44. The second kappa shape index (κ2) is 10.4. The Labute approximate surface area is 235 Å². The fourth-order valence-electron chi connectivity index (χ4n) is 5.75. The molecule has 2 atom stereocenters. The van der Waals surface area contributed by atoms with Crippen molar-refractivity contribution >= 4 is 28.5 Å². The van der Waals surface area contributed by atoms with E-state index in [0.717, 1.165) is 36.5 Å². The van der Waals surface area contributed by atoms with E-state index in [-0.39, 0.29) is 18.1 Å². The van der Waals surface area contributed by atoms with Gasteiger partial charge in [-0.05, 0) is 43.9 Å². The first-order valence-corrected chi connectivity index (χ1v) is 13.9. The van der Waals surface area contributed by atoms with Crippen LogP contribution in [-0.2, 0) is 17.6 Å². The SMILES string of the molecule is C[C@@H](NC(=O)N1CCOCC1)c1cnn2c(NC3CCc4[nH]c5ccccc5c4C3)nc(-c3cncc(F)c3)nc12. The van der Waals surface area contributed by atoms with Gasteiger partial charge in [-0.1, -0.05) is 18.2 Å². The number of aryl methyl sites for hydroxylation is 1. The summed E-state index contributed by atoms with van der Waals surface area (Å²) < 4.78 is 21.2. The van der Waals surface area contributed by atoms with Gasteiger partial charge in [0.2, 0.25) is 5.95 Å². The highest BCUT2D eigenvalue weighted by Gasteiger charge is 2.26. The third-order valence-electron chi connectivity index (χ3n) is 7.89. The van der Waals surface area contributed by atoms with Crippen molar-refractivity contribution in [3.8, 4) is 11.4 Å². The number of aromatic amines is 1. The van der Waals surface area contributed by atoms with Crippen molar-refractivity contribution in [1.82, 2.24) is 39.8 Å². The minimum atomic E-state index is -0.473. The molecule has 1 saturated heterocycles. The van der Waals surface area contributed by atoms with Crippen LogP contribution < -0.4 is 10.6 Å². The number of H-pyrrole nitrogens is 1. The van der Waals surface area contributed by atoms with Gasteiger partial charge >= 0.3 is 6.03 Å². The zero-order valence-electron chi connectivity index (χ0n) is 22.6. The van der Waals surface area contributed by atoms with E-state index in [1.54, 1.807) is 15.6 Å². The summed E-state index contributed by atoms with van der Waals surface area (Å²) >= 11 is 0. The molecule has 3 N–H and O–H groups in total. The smallest absolute Gasteiger partial charge is 0.318 e. The second-order valence-corrected chi connectivity index (χ2v) is 10.6. The molecule has 11 nitrogen and oxygen atoms in total. The molecule has 5 heterocycles. The van der Waals surface area contributed by atoms with E-state index in [1.807, 2.05) is 13.0 Å². The van der Waals surface area contributed by atoms with Crippen LogP contribution in [0.25, 0.3) is 27.9 Å². The standard InChI is InChI=1S/C29H30FN9O2/c1-17(33-29(40)38-8-10-41-11-9-38)23-16-32-39-27(23)36-26(18-12-19(30)15-31-14-18)37-28(39)34-20-6-7-25-22(13-20)21-4-2-3-5-24(21)35-25/h2-5,12,14-17,20,35H,6-11,13H2,1H3,(H,33,40)(H,34,36,37)/t17-,20?/m1/s1. The number of urea groups is 1. The first kappa shape index (κ1) is 25.4. The molecule has 0 radical (unpaired) electrons. The fourth-order valence-corrected chi connectivity index (χ4v) is 5.75. The van der Waals surface area contributed by atoms with Crippen molar-refractivity contribution in [1.29, 1.82) is 0 Å². The maximum absolute atomic E-state index is 14.1. The largest absolute Gasteiger partial charge is 0.378 e. The molecule has 1 aromatic carbocycles. The van der Waals surface area contributed by atoms with Gasteiger partial charge in [0.1, 0.15) is 5.82 Å². The minimum Gasteiger partial charge on any atom is -0.378 e. The van der Waals surface area contributed by atoms with E-state index >= 15 is 0 Å². The number of amides is 2. The molecular weight excluding hydrogens is 525 g/mol. The number of benzene rings is 1. The third-order valence-corrected chi connectivity index (χ3v) is 7.89. The maximum Gasteiger partial charge on any atom is 0.318 e. The lowest BCUT2D eigenvalue weighted by Crippen LogP contribution is -2.46. The first-order chi connectivity index (χ1) is 20.0. The molecule has 1 fully saturated rings. The molecule has 1 aliphatic heterocycles. The number of halogens is 1. The average molecular weight is 556 g/mol. The third kappa shape index (κ3) is 4.84. The van der Waals surface area contributed by atoms with Crippen molar-refractivity contribution in [2.75, 3.05) is 31.6 Å². The lowest BCUT2D eigenvalue weighted by molar-refractivity contribution is 0.0526. The Morgan fingerprint density at radius 1 is 1.17 bits per heavy atom. The van der Waals surface area contributed by atoms with Crippen LogP contribution in [0, 0.1) is 5.82 Å². The number of nitrogens with one attached hydrogen (secondary N) is 3. The molecule has 4 aromatic heterocycles. The van der Waals surface area contributed by atoms with Gasteiger partial charge in [-0.15, -0.1) is 0 Å². The summed E-state index contributed by atoms with van der Waals surface area (Å²) in [4.78, 5) is 31.7. The molecule has 2 amide bonds. The summed E-state index contributed by atoms with van der Waals surface area (Å²) in [5.74, 6) is 0.351. The fraction of sp³-hybridized carbons (Fsp3) is 0.345. The Morgan fingerprint density at radius 3 is 2.88 bits per heavy atom. The summed E-state index contributed by atoms with van der Waals surface area (Å²) in [6, 6.07) is 9.27. The molecule has 0 bridgehead atoms. The Hall–Kier alpha value is -4.58. The number of fused-ring (bicyclic) bond motifs is 4. The molecule has 1 unspecified atom stereocenters. The van der Waals surface area contributed by atoms with Crippen molar-refractivity contribution < 1.29 is 13.9 Å². The molecule has 1 aliphatic carbocycles. The summed E-state index contributed by atoms with van der Waals surface area (Å²) in [6.45, 7) is 4.02. The minimum absolute atomic E-state index is 0.101. The topological polar surface area (TPSA) is 125 Å². The number of carbonyl (C=O) groups excluding carboxylic acids is 1. The van der Waals surface area contributed by atoms with Crippen molar-refractivity contribution in [2.24, 2.45) is 0 Å². The van der Waals surface area contributed by atoms with Crippen molar-refractivity contribution in [2.45, 2.75) is 38.3 Å². The Bertz CT molecular complexity index is 1740. The summed E-state index contributed by atoms with van der Waals surface area (Å²) in [7, 11) is 0. The first-order valence-electron chi connectivity index (χ1n) is 13.9. The summed E-state index contributed by atoms with van der Waals surface area (Å²) in [5, 5.41) is 12.5. The number of hydrogen-bond donors (Lipinski definition) is 3. The number of nitrogens with zero attached hydrogens (tertiary/aromatic N) is 6. The summed E-state index contributed by atoms with van der Waals surface area (Å²) in [6.07, 6.45) is 7.02. The maximum atomic E-state index is 14.1. The molecule has 210 valence electrons.